The van der Waals surface area contributed by atoms with Gasteiger partial charge in [-0.25, -0.2) is 9.78 Å². The third-order valence-corrected chi connectivity index (χ3v) is 3.35. The largest absolute Gasteiger partial charge is 0.462 e. The van der Waals surface area contributed by atoms with Crippen LogP contribution in [0.1, 0.15) is 23.1 Å². The maximum absolute atomic E-state index is 11.8. The molecule has 0 aliphatic rings. The molecule has 0 atom stereocenters. The number of nitrogens with zero attached hydrogens (tertiary/aromatic N) is 2. The SMILES string of the molecule is CCOC(=O)c1ccc2c(c1)nc(C)n2-c1ccccc1. The summed E-state index contributed by atoms with van der Waals surface area (Å²) in [4.78, 5) is 16.3. The van der Waals surface area contributed by atoms with Crippen molar-refractivity contribution in [2.75, 3.05) is 6.61 Å². The first-order valence-electron chi connectivity index (χ1n) is 6.92. The van der Waals surface area contributed by atoms with Crippen LogP contribution >= 0.6 is 0 Å². The number of imidazole rings is 1. The predicted octanol–water partition coefficient (Wildman–Crippen LogP) is 3.51. The molecule has 0 saturated carbocycles. The topological polar surface area (TPSA) is 44.1 Å². The number of carbonyl (C=O) groups is 1. The van der Waals surface area contributed by atoms with Gasteiger partial charge in [-0.2, -0.15) is 0 Å². The van der Waals surface area contributed by atoms with Gasteiger partial charge < -0.3 is 4.74 Å². The number of rotatable bonds is 3. The molecule has 0 spiro atoms. The number of para-hydroxylation sites is 1. The summed E-state index contributed by atoms with van der Waals surface area (Å²) in [6.07, 6.45) is 0. The lowest BCUT2D eigenvalue weighted by Gasteiger charge is -2.06. The molecule has 1 heterocycles. The number of aromatic nitrogens is 2. The summed E-state index contributed by atoms with van der Waals surface area (Å²) in [5.74, 6) is 0.573. The van der Waals surface area contributed by atoms with Crippen LogP contribution in [0, 0.1) is 6.92 Å². The first-order chi connectivity index (χ1) is 10.2. The maximum Gasteiger partial charge on any atom is 0.338 e. The van der Waals surface area contributed by atoms with Crippen molar-refractivity contribution in [2.24, 2.45) is 0 Å². The zero-order valence-corrected chi connectivity index (χ0v) is 12.0. The number of ether oxygens (including phenoxy) is 1. The molecule has 4 heteroatoms. The smallest absolute Gasteiger partial charge is 0.338 e. The summed E-state index contributed by atoms with van der Waals surface area (Å²) in [5.41, 5.74) is 3.36. The van der Waals surface area contributed by atoms with E-state index >= 15 is 0 Å². The second-order valence-electron chi connectivity index (χ2n) is 4.75. The molecule has 106 valence electrons. The van der Waals surface area contributed by atoms with Crippen LogP contribution in [0.15, 0.2) is 48.5 Å². The third-order valence-electron chi connectivity index (χ3n) is 3.35. The Bertz CT molecular complexity index is 791. The highest BCUT2D eigenvalue weighted by Crippen LogP contribution is 2.22. The average Bonchev–Trinajstić information content (AvgIpc) is 2.83. The third kappa shape index (κ3) is 2.40. The molecule has 3 aromatic rings. The van der Waals surface area contributed by atoms with Crippen molar-refractivity contribution in [3.8, 4) is 5.69 Å². The number of hydrogen-bond donors (Lipinski definition) is 0. The fourth-order valence-corrected chi connectivity index (χ4v) is 2.45. The molecule has 0 saturated heterocycles. The van der Waals surface area contributed by atoms with Crippen LogP contribution in [-0.4, -0.2) is 22.1 Å². The van der Waals surface area contributed by atoms with E-state index in [0.29, 0.717) is 12.2 Å². The van der Waals surface area contributed by atoms with Gasteiger partial charge in [-0.15, -0.1) is 0 Å². The average molecular weight is 280 g/mol. The van der Waals surface area contributed by atoms with E-state index in [0.717, 1.165) is 22.5 Å². The lowest BCUT2D eigenvalue weighted by molar-refractivity contribution is 0.0526. The van der Waals surface area contributed by atoms with E-state index in [4.69, 9.17) is 4.74 Å². The molecule has 21 heavy (non-hydrogen) atoms. The van der Waals surface area contributed by atoms with Gasteiger partial charge in [0.2, 0.25) is 0 Å². The summed E-state index contributed by atoms with van der Waals surface area (Å²) < 4.78 is 7.10. The maximum atomic E-state index is 11.8. The second kappa shape index (κ2) is 5.40. The Hall–Kier alpha value is -2.62. The van der Waals surface area contributed by atoms with Crippen LogP contribution < -0.4 is 0 Å². The van der Waals surface area contributed by atoms with Crippen molar-refractivity contribution in [1.82, 2.24) is 9.55 Å². The van der Waals surface area contributed by atoms with E-state index in [2.05, 4.69) is 9.55 Å². The van der Waals surface area contributed by atoms with Crippen molar-refractivity contribution in [2.45, 2.75) is 13.8 Å². The number of benzene rings is 2. The highest BCUT2D eigenvalue weighted by molar-refractivity contribution is 5.94. The van der Waals surface area contributed by atoms with Crippen molar-refractivity contribution < 1.29 is 9.53 Å². The van der Waals surface area contributed by atoms with Crippen LogP contribution in [-0.2, 0) is 4.74 Å². The monoisotopic (exact) mass is 280 g/mol. The number of carbonyl (C=O) groups excluding carboxylic acids is 1. The van der Waals surface area contributed by atoms with Crippen LogP contribution in [0.4, 0.5) is 0 Å². The lowest BCUT2D eigenvalue weighted by atomic mass is 10.2. The summed E-state index contributed by atoms with van der Waals surface area (Å²) >= 11 is 0. The highest BCUT2D eigenvalue weighted by atomic mass is 16.5. The molecule has 3 rings (SSSR count). The number of fused-ring (bicyclic) bond motifs is 1. The quantitative estimate of drug-likeness (QED) is 0.690. The van der Waals surface area contributed by atoms with Crippen molar-refractivity contribution in [3.63, 3.8) is 0 Å². The standard InChI is InChI=1S/C17H16N2O2/c1-3-21-17(20)13-9-10-16-15(11-13)18-12(2)19(16)14-7-5-4-6-8-14/h4-11H,3H2,1-2H3. The zero-order chi connectivity index (χ0) is 14.8. The van der Waals surface area contributed by atoms with Gasteiger partial charge in [-0.05, 0) is 44.2 Å². The van der Waals surface area contributed by atoms with Gasteiger partial charge in [0.05, 0.1) is 23.2 Å². The van der Waals surface area contributed by atoms with Gasteiger partial charge >= 0.3 is 5.97 Å². The molecule has 0 aliphatic heterocycles. The van der Waals surface area contributed by atoms with Gasteiger partial charge in [-0.3, -0.25) is 4.57 Å². The Morgan fingerprint density at radius 1 is 1.19 bits per heavy atom. The van der Waals surface area contributed by atoms with Crippen LogP contribution in [0.5, 0.6) is 0 Å². The molecular formula is C17H16N2O2. The van der Waals surface area contributed by atoms with E-state index < -0.39 is 0 Å². The molecule has 0 unspecified atom stereocenters. The van der Waals surface area contributed by atoms with Crippen LogP contribution in [0.25, 0.3) is 16.7 Å². The number of esters is 1. The fraction of sp³-hybridized carbons (Fsp3) is 0.176. The molecule has 0 amide bonds. The first kappa shape index (κ1) is 13.4. The normalized spacial score (nSPS) is 10.8. The van der Waals surface area contributed by atoms with Crippen molar-refractivity contribution in [3.05, 3.63) is 59.9 Å². The fourth-order valence-electron chi connectivity index (χ4n) is 2.45. The van der Waals surface area contributed by atoms with Gasteiger partial charge in [0, 0.05) is 5.69 Å². The summed E-state index contributed by atoms with van der Waals surface area (Å²) in [5, 5.41) is 0. The number of aryl methyl sites for hydroxylation is 1. The Balaban J connectivity index is 2.12. The molecule has 4 nitrogen and oxygen atoms in total. The minimum absolute atomic E-state index is 0.314. The molecular weight excluding hydrogens is 264 g/mol. The van der Waals surface area contributed by atoms with Gasteiger partial charge in [0.25, 0.3) is 0 Å². The first-order valence-corrected chi connectivity index (χ1v) is 6.92. The van der Waals surface area contributed by atoms with Crippen LogP contribution in [0.3, 0.4) is 0 Å². The van der Waals surface area contributed by atoms with E-state index in [1.807, 2.05) is 43.3 Å². The van der Waals surface area contributed by atoms with Gasteiger partial charge in [-0.1, -0.05) is 18.2 Å². The second-order valence-corrected chi connectivity index (χ2v) is 4.75. The van der Waals surface area contributed by atoms with Gasteiger partial charge in [0.15, 0.2) is 0 Å². The van der Waals surface area contributed by atoms with E-state index in [-0.39, 0.29) is 5.97 Å². The lowest BCUT2D eigenvalue weighted by Crippen LogP contribution is -2.04. The number of hydrogen-bond acceptors (Lipinski definition) is 3. The van der Waals surface area contributed by atoms with Crippen molar-refractivity contribution in [1.29, 1.82) is 0 Å². The molecule has 0 N–H and O–H groups in total. The minimum atomic E-state index is -0.314. The predicted molar refractivity (Wildman–Crippen MR) is 81.8 cm³/mol. The highest BCUT2D eigenvalue weighted by Gasteiger charge is 2.12. The molecule has 0 fully saturated rings. The molecule has 1 aromatic heterocycles. The summed E-state index contributed by atoms with van der Waals surface area (Å²) in [6.45, 7) is 4.12. The molecule has 0 aliphatic carbocycles. The van der Waals surface area contributed by atoms with Crippen molar-refractivity contribution >= 4 is 17.0 Å². The van der Waals surface area contributed by atoms with Gasteiger partial charge in [0.1, 0.15) is 5.82 Å². The van der Waals surface area contributed by atoms with E-state index in [1.165, 1.54) is 0 Å². The van der Waals surface area contributed by atoms with E-state index in [1.54, 1.807) is 19.1 Å². The minimum Gasteiger partial charge on any atom is -0.462 e. The molecule has 0 bridgehead atoms. The Morgan fingerprint density at radius 2 is 1.95 bits per heavy atom. The summed E-state index contributed by atoms with van der Waals surface area (Å²) in [6, 6.07) is 15.5. The zero-order valence-electron chi connectivity index (χ0n) is 12.0. The molecule has 2 aromatic carbocycles. The molecule has 0 radical (unpaired) electrons. The van der Waals surface area contributed by atoms with E-state index in [9.17, 15) is 4.79 Å². The van der Waals surface area contributed by atoms with Crippen LogP contribution in [0.2, 0.25) is 0 Å². The summed E-state index contributed by atoms with van der Waals surface area (Å²) in [7, 11) is 0. The Kier molecular flexibility index (Phi) is 3.44. The Labute approximate surface area is 123 Å². The Morgan fingerprint density at radius 3 is 2.67 bits per heavy atom.